The Morgan fingerprint density at radius 2 is 1.48 bits per heavy atom. The Morgan fingerprint density at radius 1 is 0.871 bits per heavy atom. The zero-order chi connectivity index (χ0) is 21.6. The molecular formula is C25H26N2O4. The number of hydrogen-bond acceptors (Lipinski definition) is 4. The summed E-state index contributed by atoms with van der Waals surface area (Å²) in [6.07, 6.45) is 5.03. The summed E-state index contributed by atoms with van der Waals surface area (Å²) in [5.74, 6) is -1.41. The van der Waals surface area contributed by atoms with E-state index >= 15 is 0 Å². The van der Waals surface area contributed by atoms with E-state index in [1.54, 1.807) is 0 Å². The summed E-state index contributed by atoms with van der Waals surface area (Å²) in [6.45, 7) is 1.13. The van der Waals surface area contributed by atoms with E-state index in [0.717, 1.165) is 21.6 Å². The Morgan fingerprint density at radius 3 is 2.19 bits per heavy atom. The van der Waals surface area contributed by atoms with Gasteiger partial charge in [-0.3, -0.25) is 19.3 Å². The maximum Gasteiger partial charge on any atom is 0.240 e. The molecule has 1 aliphatic carbocycles. The van der Waals surface area contributed by atoms with Gasteiger partial charge in [0.25, 0.3) is 0 Å². The molecule has 160 valence electrons. The molecule has 6 heteroatoms. The van der Waals surface area contributed by atoms with E-state index in [-0.39, 0.29) is 36.1 Å². The van der Waals surface area contributed by atoms with Gasteiger partial charge >= 0.3 is 0 Å². The van der Waals surface area contributed by atoms with Gasteiger partial charge in [-0.25, -0.2) is 0 Å². The molecule has 4 rings (SSSR count). The van der Waals surface area contributed by atoms with Gasteiger partial charge < -0.3 is 10.1 Å². The first-order valence-electron chi connectivity index (χ1n) is 10.6. The van der Waals surface area contributed by atoms with Crippen molar-refractivity contribution in [1.29, 1.82) is 0 Å². The number of rotatable bonds is 8. The second-order valence-electron chi connectivity index (χ2n) is 7.99. The van der Waals surface area contributed by atoms with Crippen molar-refractivity contribution >= 4 is 17.7 Å². The van der Waals surface area contributed by atoms with E-state index in [1.807, 2.05) is 66.7 Å². The van der Waals surface area contributed by atoms with Gasteiger partial charge in [0, 0.05) is 6.54 Å². The number of nitrogens with one attached hydrogen (secondary N) is 1. The maximum atomic E-state index is 12.5. The number of allylic oxidation sites excluding steroid dienone is 2. The molecule has 0 saturated carbocycles. The fourth-order valence-corrected chi connectivity index (χ4v) is 4.12. The molecule has 1 N–H and O–H groups in total. The van der Waals surface area contributed by atoms with Crippen LogP contribution in [-0.2, 0) is 38.9 Å². The largest absolute Gasteiger partial charge is 0.372 e. The van der Waals surface area contributed by atoms with Crippen LogP contribution in [0.5, 0.6) is 0 Å². The van der Waals surface area contributed by atoms with Crippen molar-refractivity contribution in [2.75, 3.05) is 6.54 Å². The van der Waals surface area contributed by atoms with Crippen molar-refractivity contribution in [2.45, 2.75) is 32.6 Å². The van der Waals surface area contributed by atoms with Crippen molar-refractivity contribution in [3.63, 3.8) is 0 Å². The first-order valence-corrected chi connectivity index (χ1v) is 10.6. The molecule has 2 atom stereocenters. The molecule has 0 radical (unpaired) electrons. The van der Waals surface area contributed by atoms with E-state index < -0.39 is 0 Å². The second-order valence-corrected chi connectivity index (χ2v) is 7.99. The molecule has 0 spiro atoms. The van der Waals surface area contributed by atoms with Crippen molar-refractivity contribution in [3.05, 3.63) is 83.4 Å². The second kappa shape index (κ2) is 9.71. The third-order valence-corrected chi connectivity index (χ3v) is 5.76. The standard InChI is InChI=1S/C25H26N2O4/c28-23(15-27-24(29)21-11-4-5-12-22(21)25(27)30)26-14-19-9-6-10-20(13-19)17-31-16-18-7-2-1-3-8-18/h1-10,13,21-22H,11-12,14-17H2,(H,26,28)/t21-,22-/m1/s1. The molecule has 0 unspecified atom stereocenters. The summed E-state index contributed by atoms with van der Waals surface area (Å²) in [5.41, 5.74) is 3.07. The first-order chi connectivity index (χ1) is 15.1. The molecule has 2 aliphatic rings. The van der Waals surface area contributed by atoms with Crippen LogP contribution in [0.25, 0.3) is 0 Å². The fourth-order valence-electron chi connectivity index (χ4n) is 4.12. The zero-order valence-corrected chi connectivity index (χ0v) is 17.3. The van der Waals surface area contributed by atoms with Crippen LogP contribution in [0.2, 0.25) is 0 Å². The minimum Gasteiger partial charge on any atom is -0.372 e. The van der Waals surface area contributed by atoms with Crippen molar-refractivity contribution in [2.24, 2.45) is 11.8 Å². The molecule has 2 aromatic rings. The first kappa shape index (κ1) is 21.0. The number of carbonyl (C=O) groups excluding carboxylic acids is 3. The summed E-state index contributed by atoms with van der Waals surface area (Å²) in [6, 6.07) is 17.8. The predicted octanol–water partition coefficient (Wildman–Crippen LogP) is 2.97. The van der Waals surface area contributed by atoms with E-state index in [4.69, 9.17) is 4.74 Å². The third kappa shape index (κ3) is 5.09. The third-order valence-electron chi connectivity index (χ3n) is 5.76. The smallest absolute Gasteiger partial charge is 0.240 e. The van der Waals surface area contributed by atoms with Gasteiger partial charge in [0.2, 0.25) is 17.7 Å². The van der Waals surface area contributed by atoms with E-state index in [1.165, 1.54) is 0 Å². The normalized spacial score (nSPS) is 20.1. The van der Waals surface area contributed by atoms with Crippen LogP contribution in [0.15, 0.2) is 66.7 Å². The van der Waals surface area contributed by atoms with Crippen molar-refractivity contribution in [1.82, 2.24) is 10.2 Å². The Bertz CT molecular complexity index is 960. The molecule has 1 heterocycles. The lowest BCUT2D eigenvalue weighted by Gasteiger charge is -2.14. The topological polar surface area (TPSA) is 75.7 Å². The van der Waals surface area contributed by atoms with Crippen LogP contribution in [0, 0.1) is 11.8 Å². The Labute approximate surface area is 181 Å². The highest BCUT2D eigenvalue weighted by molar-refractivity contribution is 6.07. The molecule has 1 fully saturated rings. The summed E-state index contributed by atoms with van der Waals surface area (Å²) >= 11 is 0. The van der Waals surface area contributed by atoms with Gasteiger partial charge in [0.15, 0.2) is 0 Å². The van der Waals surface area contributed by atoms with Crippen LogP contribution in [0.4, 0.5) is 0 Å². The van der Waals surface area contributed by atoms with Crippen LogP contribution >= 0.6 is 0 Å². The lowest BCUT2D eigenvalue weighted by atomic mass is 9.85. The average molecular weight is 418 g/mol. The van der Waals surface area contributed by atoms with Crippen LogP contribution in [-0.4, -0.2) is 29.2 Å². The van der Waals surface area contributed by atoms with Gasteiger partial charge in [-0.15, -0.1) is 0 Å². The number of fused-ring (bicyclic) bond motifs is 1. The highest BCUT2D eigenvalue weighted by Crippen LogP contribution is 2.34. The van der Waals surface area contributed by atoms with Crippen LogP contribution in [0.3, 0.4) is 0 Å². The van der Waals surface area contributed by atoms with Gasteiger partial charge in [0.1, 0.15) is 6.54 Å². The lowest BCUT2D eigenvalue weighted by molar-refractivity contribution is -0.143. The van der Waals surface area contributed by atoms with E-state index in [9.17, 15) is 14.4 Å². The summed E-state index contributed by atoms with van der Waals surface area (Å²) in [7, 11) is 0. The number of hydrogen-bond donors (Lipinski definition) is 1. The lowest BCUT2D eigenvalue weighted by Crippen LogP contribution is -2.40. The molecule has 0 bridgehead atoms. The fraction of sp³-hybridized carbons (Fsp3) is 0.320. The SMILES string of the molecule is O=C(CN1C(=O)[C@@H]2CC=CC[C@H]2C1=O)NCc1cccc(COCc2ccccc2)c1. The van der Waals surface area contributed by atoms with Gasteiger partial charge in [-0.1, -0.05) is 66.7 Å². The summed E-state index contributed by atoms with van der Waals surface area (Å²) in [4.78, 5) is 38.5. The average Bonchev–Trinajstić information content (AvgIpc) is 3.04. The molecule has 3 amide bonds. The number of ether oxygens (including phenoxy) is 1. The predicted molar refractivity (Wildman–Crippen MR) is 115 cm³/mol. The Hall–Kier alpha value is -3.25. The maximum absolute atomic E-state index is 12.5. The monoisotopic (exact) mass is 418 g/mol. The number of amides is 3. The van der Waals surface area contributed by atoms with Gasteiger partial charge in [0.05, 0.1) is 25.0 Å². The molecule has 6 nitrogen and oxygen atoms in total. The van der Waals surface area contributed by atoms with Crippen molar-refractivity contribution in [3.8, 4) is 0 Å². The minimum absolute atomic E-state index is 0.218. The van der Waals surface area contributed by atoms with Crippen LogP contribution < -0.4 is 5.32 Å². The molecule has 2 aromatic carbocycles. The van der Waals surface area contributed by atoms with E-state index in [2.05, 4.69) is 5.32 Å². The number of nitrogens with zero attached hydrogens (tertiary/aromatic N) is 1. The molecular weight excluding hydrogens is 392 g/mol. The molecule has 1 saturated heterocycles. The van der Waals surface area contributed by atoms with Crippen molar-refractivity contribution < 1.29 is 19.1 Å². The van der Waals surface area contributed by atoms with E-state index in [0.29, 0.717) is 32.6 Å². The molecule has 1 aliphatic heterocycles. The number of imide groups is 1. The summed E-state index contributed by atoms with van der Waals surface area (Å²) < 4.78 is 5.77. The van der Waals surface area contributed by atoms with Gasteiger partial charge in [-0.05, 0) is 29.5 Å². The Balaban J connectivity index is 1.25. The Kier molecular flexibility index (Phi) is 6.57. The quantitative estimate of drug-likeness (QED) is 0.528. The summed E-state index contributed by atoms with van der Waals surface area (Å²) in [5, 5.41) is 2.82. The molecule has 31 heavy (non-hydrogen) atoms. The highest BCUT2D eigenvalue weighted by atomic mass is 16.5. The van der Waals surface area contributed by atoms with Gasteiger partial charge in [-0.2, -0.15) is 0 Å². The number of carbonyl (C=O) groups is 3. The number of benzene rings is 2. The number of likely N-dealkylation sites (tertiary alicyclic amines) is 1. The zero-order valence-electron chi connectivity index (χ0n) is 17.3. The minimum atomic E-state index is -0.334. The van der Waals surface area contributed by atoms with Crippen LogP contribution in [0.1, 0.15) is 29.5 Å². The molecule has 0 aromatic heterocycles. The highest BCUT2D eigenvalue weighted by Gasteiger charge is 2.47.